The predicted molar refractivity (Wildman–Crippen MR) is 80.5 cm³/mol. The van der Waals surface area contributed by atoms with Crippen molar-refractivity contribution < 1.29 is 12.9 Å². The van der Waals surface area contributed by atoms with Crippen LogP contribution in [0.2, 0.25) is 0 Å². The van der Waals surface area contributed by atoms with Gasteiger partial charge in [-0.1, -0.05) is 41.9 Å². The van der Waals surface area contributed by atoms with E-state index in [9.17, 15) is 8.42 Å². The first-order valence-electron chi connectivity index (χ1n) is 6.87. The minimum atomic E-state index is -3.65. The molecule has 0 aliphatic rings. The maximum atomic E-state index is 12.5. The Morgan fingerprint density at radius 3 is 2.29 bits per heavy atom. The van der Waals surface area contributed by atoms with E-state index < -0.39 is 10.0 Å². The molecule has 21 heavy (non-hydrogen) atoms. The van der Waals surface area contributed by atoms with E-state index in [1.165, 1.54) is 0 Å². The number of benzene rings is 1. The summed E-state index contributed by atoms with van der Waals surface area (Å²) in [6, 6.07) is 7.56. The Hall–Kier alpha value is -1.66. The number of hydrogen-bond acceptors (Lipinski definition) is 4. The fourth-order valence-corrected chi connectivity index (χ4v) is 3.93. The van der Waals surface area contributed by atoms with Gasteiger partial charge in [-0.3, -0.25) is 0 Å². The number of rotatable bonds is 5. The molecule has 0 aliphatic carbocycles. The molecule has 0 radical (unpaired) electrons. The van der Waals surface area contributed by atoms with Crippen LogP contribution in [0.4, 0.5) is 0 Å². The van der Waals surface area contributed by atoms with Crippen molar-refractivity contribution in [2.24, 2.45) is 0 Å². The van der Waals surface area contributed by atoms with Gasteiger partial charge in [0.15, 0.2) is 5.76 Å². The molecule has 0 bridgehead atoms. The Morgan fingerprint density at radius 2 is 1.81 bits per heavy atom. The second-order valence-electron chi connectivity index (χ2n) is 5.15. The minimum Gasteiger partial charge on any atom is -0.360 e. The molecule has 2 aromatic rings. The summed E-state index contributed by atoms with van der Waals surface area (Å²) >= 11 is 0. The zero-order chi connectivity index (χ0) is 15.6. The van der Waals surface area contributed by atoms with Crippen molar-refractivity contribution in [3.05, 3.63) is 46.8 Å². The maximum Gasteiger partial charge on any atom is 0.246 e. The molecule has 2 rings (SSSR count). The molecule has 1 heterocycles. The van der Waals surface area contributed by atoms with E-state index in [0.717, 1.165) is 11.1 Å². The van der Waals surface area contributed by atoms with Crippen LogP contribution in [-0.2, 0) is 10.0 Å². The molecule has 5 nitrogen and oxygen atoms in total. The van der Waals surface area contributed by atoms with Gasteiger partial charge in [-0.25, -0.2) is 13.1 Å². The van der Waals surface area contributed by atoms with E-state index in [1.807, 2.05) is 38.1 Å². The van der Waals surface area contributed by atoms with Crippen molar-refractivity contribution in [2.45, 2.75) is 45.1 Å². The fraction of sp³-hybridized carbons (Fsp3) is 0.400. The zero-order valence-corrected chi connectivity index (χ0v) is 13.5. The van der Waals surface area contributed by atoms with E-state index >= 15 is 0 Å². The Balaban J connectivity index is 2.32. The van der Waals surface area contributed by atoms with Crippen LogP contribution in [0.1, 0.15) is 42.0 Å². The zero-order valence-electron chi connectivity index (χ0n) is 12.7. The summed E-state index contributed by atoms with van der Waals surface area (Å²) in [5, 5.41) is 3.71. The van der Waals surface area contributed by atoms with Crippen molar-refractivity contribution in [1.29, 1.82) is 0 Å². The van der Waals surface area contributed by atoms with E-state index in [-0.39, 0.29) is 10.9 Å². The highest BCUT2D eigenvalue weighted by Crippen LogP contribution is 2.24. The molecule has 114 valence electrons. The lowest BCUT2D eigenvalue weighted by atomic mass is 10.0. The average Bonchev–Trinajstić information content (AvgIpc) is 2.77. The average molecular weight is 308 g/mol. The first-order valence-corrected chi connectivity index (χ1v) is 8.35. The van der Waals surface area contributed by atoms with E-state index in [2.05, 4.69) is 9.88 Å². The van der Waals surface area contributed by atoms with Crippen LogP contribution in [0.15, 0.2) is 33.7 Å². The second kappa shape index (κ2) is 5.99. The molecule has 1 N–H and O–H groups in total. The Bertz CT molecular complexity index is 698. The van der Waals surface area contributed by atoms with Crippen molar-refractivity contribution >= 4 is 10.0 Å². The molecule has 0 saturated heterocycles. The lowest BCUT2D eigenvalue weighted by Gasteiger charge is -2.17. The molecule has 0 amide bonds. The largest absolute Gasteiger partial charge is 0.360 e. The summed E-state index contributed by atoms with van der Waals surface area (Å²) in [5.41, 5.74) is 2.46. The van der Waals surface area contributed by atoms with Crippen molar-refractivity contribution in [3.8, 4) is 0 Å². The third-order valence-corrected chi connectivity index (χ3v) is 5.14. The van der Waals surface area contributed by atoms with Gasteiger partial charge in [0.25, 0.3) is 0 Å². The highest BCUT2D eigenvalue weighted by molar-refractivity contribution is 7.89. The lowest BCUT2D eigenvalue weighted by molar-refractivity contribution is 0.390. The molecule has 0 saturated carbocycles. The van der Waals surface area contributed by atoms with Gasteiger partial charge in [0.2, 0.25) is 10.0 Å². The van der Waals surface area contributed by atoms with Crippen LogP contribution in [0.5, 0.6) is 0 Å². The molecule has 0 spiro atoms. The van der Waals surface area contributed by atoms with Crippen molar-refractivity contribution in [1.82, 2.24) is 9.88 Å². The SMILES string of the molecule is CC[C@H](NS(=O)(=O)c1c(C)noc1C)c1ccc(C)cc1. The topological polar surface area (TPSA) is 72.2 Å². The summed E-state index contributed by atoms with van der Waals surface area (Å²) in [6.45, 7) is 7.17. The summed E-state index contributed by atoms with van der Waals surface area (Å²) < 4.78 is 32.8. The summed E-state index contributed by atoms with van der Waals surface area (Å²) in [5.74, 6) is 0.304. The predicted octanol–water partition coefficient (Wildman–Crippen LogP) is 3.03. The number of aryl methyl sites for hydroxylation is 3. The van der Waals surface area contributed by atoms with E-state index in [4.69, 9.17) is 4.52 Å². The molecule has 0 aliphatic heterocycles. The van der Waals surface area contributed by atoms with E-state index in [1.54, 1.807) is 13.8 Å². The monoisotopic (exact) mass is 308 g/mol. The molecule has 0 fully saturated rings. The Kier molecular flexibility index (Phi) is 4.49. The number of nitrogens with one attached hydrogen (secondary N) is 1. The van der Waals surface area contributed by atoms with Crippen LogP contribution < -0.4 is 4.72 Å². The third kappa shape index (κ3) is 3.33. The summed E-state index contributed by atoms with van der Waals surface area (Å²) in [7, 11) is -3.65. The Morgan fingerprint density at radius 1 is 1.19 bits per heavy atom. The lowest BCUT2D eigenvalue weighted by Crippen LogP contribution is -2.29. The van der Waals surface area contributed by atoms with Crippen LogP contribution in [0.25, 0.3) is 0 Å². The molecule has 1 aromatic heterocycles. The summed E-state index contributed by atoms with van der Waals surface area (Å²) in [6.07, 6.45) is 0.658. The quantitative estimate of drug-likeness (QED) is 0.921. The first-order chi connectivity index (χ1) is 9.85. The van der Waals surface area contributed by atoms with Crippen LogP contribution in [-0.4, -0.2) is 13.6 Å². The molecular formula is C15H20N2O3S. The van der Waals surface area contributed by atoms with Gasteiger partial charge in [-0.05, 0) is 32.8 Å². The van der Waals surface area contributed by atoms with Crippen molar-refractivity contribution in [2.75, 3.05) is 0 Å². The molecule has 1 aromatic carbocycles. The van der Waals surface area contributed by atoms with Gasteiger partial charge < -0.3 is 4.52 Å². The second-order valence-corrected chi connectivity index (χ2v) is 6.80. The molecular weight excluding hydrogens is 288 g/mol. The highest BCUT2D eigenvalue weighted by atomic mass is 32.2. The Labute approximate surface area is 125 Å². The normalized spacial score (nSPS) is 13.3. The van der Waals surface area contributed by atoms with Gasteiger partial charge in [0.1, 0.15) is 10.6 Å². The standard InChI is InChI=1S/C15H20N2O3S/c1-5-14(13-8-6-10(2)7-9-13)17-21(18,19)15-11(3)16-20-12(15)4/h6-9,14,17H,5H2,1-4H3/t14-/m0/s1. The molecule has 1 atom stereocenters. The molecule has 0 unspecified atom stereocenters. The van der Waals surface area contributed by atoms with Gasteiger partial charge in [0.05, 0.1) is 0 Å². The number of sulfonamides is 1. The number of aromatic nitrogens is 1. The van der Waals surface area contributed by atoms with Crippen LogP contribution >= 0.6 is 0 Å². The smallest absolute Gasteiger partial charge is 0.246 e. The van der Waals surface area contributed by atoms with Gasteiger partial charge in [0, 0.05) is 6.04 Å². The van der Waals surface area contributed by atoms with Gasteiger partial charge >= 0.3 is 0 Å². The highest BCUT2D eigenvalue weighted by Gasteiger charge is 2.27. The van der Waals surface area contributed by atoms with Crippen molar-refractivity contribution in [3.63, 3.8) is 0 Å². The minimum absolute atomic E-state index is 0.132. The van der Waals surface area contributed by atoms with Crippen LogP contribution in [0, 0.1) is 20.8 Å². The first kappa shape index (κ1) is 15.7. The van der Waals surface area contributed by atoms with Gasteiger partial charge in [-0.2, -0.15) is 0 Å². The fourth-order valence-electron chi connectivity index (χ4n) is 2.29. The number of nitrogens with zero attached hydrogens (tertiary/aromatic N) is 1. The number of hydrogen-bond donors (Lipinski definition) is 1. The van der Waals surface area contributed by atoms with E-state index in [0.29, 0.717) is 17.9 Å². The van der Waals surface area contributed by atoms with Gasteiger partial charge in [-0.15, -0.1) is 0 Å². The van der Waals surface area contributed by atoms with Crippen LogP contribution in [0.3, 0.4) is 0 Å². The maximum absolute atomic E-state index is 12.5. The molecule has 6 heteroatoms. The summed E-state index contributed by atoms with van der Waals surface area (Å²) in [4.78, 5) is 0.132. The third-order valence-electron chi connectivity index (χ3n) is 3.42.